The molecule has 0 atom stereocenters. The van der Waals surface area contributed by atoms with E-state index in [9.17, 15) is 9.90 Å². The Bertz CT molecular complexity index is 366. The van der Waals surface area contributed by atoms with Crippen molar-refractivity contribution in [2.75, 3.05) is 13.2 Å². The van der Waals surface area contributed by atoms with Gasteiger partial charge in [-0.15, -0.1) is 0 Å². The van der Waals surface area contributed by atoms with Crippen LogP contribution >= 0.6 is 0 Å². The van der Waals surface area contributed by atoms with Crippen molar-refractivity contribution < 1.29 is 14.6 Å². The van der Waals surface area contributed by atoms with Crippen molar-refractivity contribution >= 4 is 6.09 Å². The van der Waals surface area contributed by atoms with E-state index in [1.807, 2.05) is 25.1 Å². The van der Waals surface area contributed by atoms with Gasteiger partial charge in [-0.1, -0.05) is 18.2 Å². The Labute approximate surface area is 94.2 Å². The molecule has 0 fully saturated rings. The number of aryl methyl sites for hydroxylation is 1. The van der Waals surface area contributed by atoms with Gasteiger partial charge in [-0.2, -0.15) is 0 Å². The quantitative estimate of drug-likeness (QED) is 0.648. The summed E-state index contributed by atoms with van der Waals surface area (Å²) in [5.41, 5.74) is 6.46. The van der Waals surface area contributed by atoms with Gasteiger partial charge in [-0.05, 0) is 12.5 Å². The fourth-order valence-corrected chi connectivity index (χ4v) is 1.31. The zero-order chi connectivity index (χ0) is 12.0. The summed E-state index contributed by atoms with van der Waals surface area (Å²) in [6, 6.07) is 5.56. The normalized spacial score (nSPS) is 10.1. The van der Waals surface area contributed by atoms with E-state index in [0.29, 0.717) is 18.8 Å². The predicted molar refractivity (Wildman–Crippen MR) is 60.1 cm³/mol. The summed E-state index contributed by atoms with van der Waals surface area (Å²) < 4.78 is 4.55. The number of hydrogen-bond acceptors (Lipinski definition) is 4. The number of hydrogen-bond donors (Lipinski definition) is 3. The number of phenolic OH excluding ortho intramolecular Hbond substituents is 1. The topological polar surface area (TPSA) is 84.6 Å². The number of phenols is 1. The Morgan fingerprint density at radius 2 is 2.31 bits per heavy atom. The number of carbonyl (C=O) groups is 1. The SMILES string of the molecule is Cc1cccc(CNCCOC(N)=O)c1O. The monoisotopic (exact) mass is 224 g/mol. The van der Waals surface area contributed by atoms with Gasteiger partial charge in [0.2, 0.25) is 0 Å². The highest BCUT2D eigenvalue weighted by Gasteiger charge is 2.02. The zero-order valence-electron chi connectivity index (χ0n) is 9.19. The lowest BCUT2D eigenvalue weighted by atomic mass is 10.1. The molecule has 1 aromatic rings. The molecule has 0 aromatic heterocycles. The first-order valence-corrected chi connectivity index (χ1v) is 5.01. The molecule has 5 heteroatoms. The largest absolute Gasteiger partial charge is 0.507 e. The lowest BCUT2D eigenvalue weighted by molar-refractivity contribution is 0.157. The highest BCUT2D eigenvalue weighted by molar-refractivity contribution is 5.64. The van der Waals surface area contributed by atoms with E-state index in [2.05, 4.69) is 10.1 Å². The molecule has 1 rings (SSSR count). The third-order valence-electron chi connectivity index (χ3n) is 2.16. The summed E-state index contributed by atoms with van der Waals surface area (Å²) >= 11 is 0. The van der Waals surface area contributed by atoms with E-state index >= 15 is 0 Å². The number of primary amides is 1. The van der Waals surface area contributed by atoms with Crippen LogP contribution in [0.15, 0.2) is 18.2 Å². The molecule has 0 unspecified atom stereocenters. The molecule has 0 saturated carbocycles. The first-order valence-electron chi connectivity index (χ1n) is 5.01. The van der Waals surface area contributed by atoms with Crippen LogP contribution in [-0.4, -0.2) is 24.4 Å². The Kier molecular flexibility index (Phi) is 4.60. The second-order valence-corrected chi connectivity index (χ2v) is 3.43. The van der Waals surface area contributed by atoms with Crippen LogP contribution in [0.5, 0.6) is 5.75 Å². The maximum absolute atomic E-state index is 10.3. The van der Waals surface area contributed by atoms with Crippen molar-refractivity contribution in [3.8, 4) is 5.75 Å². The van der Waals surface area contributed by atoms with Crippen LogP contribution < -0.4 is 11.1 Å². The molecule has 0 heterocycles. The van der Waals surface area contributed by atoms with Crippen LogP contribution in [0.3, 0.4) is 0 Å². The minimum Gasteiger partial charge on any atom is -0.507 e. The third kappa shape index (κ3) is 3.78. The van der Waals surface area contributed by atoms with Gasteiger partial charge in [0.05, 0.1) is 0 Å². The van der Waals surface area contributed by atoms with Crippen LogP contribution in [0.1, 0.15) is 11.1 Å². The lowest BCUT2D eigenvalue weighted by Gasteiger charge is -2.08. The number of ether oxygens (including phenoxy) is 1. The first-order chi connectivity index (χ1) is 7.61. The van der Waals surface area contributed by atoms with Crippen LogP contribution in [0.25, 0.3) is 0 Å². The summed E-state index contributed by atoms with van der Waals surface area (Å²) in [7, 11) is 0. The molecule has 0 spiro atoms. The average Bonchev–Trinajstić information content (AvgIpc) is 2.23. The van der Waals surface area contributed by atoms with E-state index in [1.54, 1.807) is 0 Å². The Morgan fingerprint density at radius 3 is 3.00 bits per heavy atom. The van der Waals surface area contributed by atoms with Crippen molar-refractivity contribution in [2.45, 2.75) is 13.5 Å². The number of benzene rings is 1. The van der Waals surface area contributed by atoms with E-state index in [-0.39, 0.29) is 6.61 Å². The molecular formula is C11H16N2O3. The van der Waals surface area contributed by atoms with Crippen LogP contribution in [0.4, 0.5) is 4.79 Å². The second-order valence-electron chi connectivity index (χ2n) is 3.43. The van der Waals surface area contributed by atoms with Gasteiger partial charge < -0.3 is 20.9 Å². The molecule has 0 radical (unpaired) electrons. The molecule has 4 N–H and O–H groups in total. The van der Waals surface area contributed by atoms with Gasteiger partial charge in [0.1, 0.15) is 12.4 Å². The van der Waals surface area contributed by atoms with Crippen molar-refractivity contribution in [1.29, 1.82) is 0 Å². The van der Waals surface area contributed by atoms with E-state index in [0.717, 1.165) is 11.1 Å². The molecule has 0 aliphatic heterocycles. The van der Waals surface area contributed by atoms with Crippen molar-refractivity contribution in [3.05, 3.63) is 29.3 Å². The number of carbonyl (C=O) groups excluding carboxylic acids is 1. The van der Waals surface area contributed by atoms with E-state index in [1.165, 1.54) is 0 Å². The number of para-hydroxylation sites is 1. The Morgan fingerprint density at radius 1 is 1.56 bits per heavy atom. The lowest BCUT2D eigenvalue weighted by Crippen LogP contribution is -2.23. The minimum atomic E-state index is -0.778. The predicted octanol–water partition coefficient (Wildman–Crippen LogP) is 0.886. The fourth-order valence-electron chi connectivity index (χ4n) is 1.31. The van der Waals surface area contributed by atoms with Crippen LogP contribution in [-0.2, 0) is 11.3 Å². The van der Waals surface area contributed by atoms with Crippen molar-refractivity contribution in [1.82, 2.24) is 5.32 Å². The molecule has 16 heavy (non-hydrogen) atoms. The average molecular weight is 224 g/mol. The third-order valence-corrected chi connectivity index (χ3v) is 2.16. The van der Waals surface area contributed by atoms with Gasteiger partial charge in [0.25, 0.3) is 0 Å². The molecule has 1 aromatic carbocycles. The van der Waals surface area contributed by atoms with E-state index in [4.69, 9.17) is 5.73 Å². The maximum Gasteiger partial charge on any atom is 0.404 e. The summed E-state index contributed by atoms with van der Waals surface area (Å²) in [5.74, 6) is 0.297. The summed E-state index contributed by atoms with van der Waals surface area (Å²) in [6.07, 6.45) is -0.778. The number of nitrogens with two attached hydrogens (primary N) is 1. The summed E-state index contributed by atoms with van der Waals surface area (Å²) in [5, 5.41) is 12.7. The van der Waals surface area contributed by atoms with Crippen LogP contribution in [0.2, 0.25) is 0 Å². The van der Waals surface area contributed by atoms with Gasteiger partial charge in [0.15, 0.2) is 0 Å². The molecule has 0 aliphatic carbocycles. The molecule has 1 amide bonds. The molecule has 0 bridgehead atoms. The van der Waals surface area contributed by atoms with Gasteiger partial charge in [0, 0.05) is 18.7 Å². The fraction of sp³-hybridized carbons (Fsp3) is 0.364. The number of nitrogens with one attached hydrogen (secondary N) is 1. The minimum absolute atomic E-state index is 0.224. The molecule has 88 valence electrons. The maximum atomic E-state index is 10.3. The number of amides is 1. The number of rotatable bonds is 5. The smallest absolute Gasteiger partial charge is 0.404 e. The highest BCUT2D eigenvalue weighted by atomic mass is 16.5. The number of aromatic hydroxyl groups is 1. The molecule has 5 nitrogen and oxygen atoms in total. The van der Waals surface area contributed by atoms with Crippen molar-refractivity contribution in [2.24, 2.45) is 5.73 Å². The molecule has 0 saturated heterocycles. The Hall–Kier alpha value is -1.75. The van der Waals surface area contributed by atoms with E-state index < -0.39 is 6.09 Å². The second kappa shape index (κ2) is 5.97. The van der Waals surface area contributed by atoms with Crippen LogP contribution in [0, 0.1) is 6.92 Å². The highest BCUT2D eigenvalue weighted by Crippen LogP contribution is 2.20. The standard InChI is InChI=1S/C11H16N2O3/c1-8-3-2-4-9(10(8)14)7-13-5-6-16-11(12)15/h2-4,13-14H,5-7H2,1H3,(H2,12,15). The molecule has 0 aliphatic rings. The Balaban J connectivity index is 2.32. The van der Waals surface area contributed by atoms with Gasteiger partial charge in [-0.25, -0.2) is 4.79 Å². The molecular weight excluding hydrogens is 208 g/mol. The zero-order valence-corrected chi connectivity index (χ0v) is 9.19. The van der Waals surface area contributed by atoms with Gasteiger partial charge in [-0.3, -0.25) is 0 Å². The van der Waals surface area contributed by atoms with Crippen molar-refractivity contribution in [3.63, 3.8) is 0 Å². The summed E-state index contributed by atoms with van der Waals surface area (Å²) in [6.45, 7) is 3.09. The first kappa shape index (κ1) is 12.3. The van der Waals surface area contributed by atoms with Gasteiger partial charge >= 0.3 is 6.09 Å². The summed E-state index contributed by atoms with van der Waals surface area (Å²) in [4.78, 5) is 10.3.